The molecule has 1 unspecified atom stereocenters. The van der Waals surface area contributed by atoms with Gasteiger partial charge in [-0.25, -0.2) is 4.98 Å². The van der Waals surface area contributed by atoms with Crippen molar-refractivity contribution in [2.75, 3.05) is 18.4 Å². The first kappa shape index (κ1) is 15.7. The number of hydrogen-bond acceptors (Lipinski definition) is 4. The molecule has 3 rings (SSSR count). The number of likely N-dealkylation sites (tertiary alicyclic amines) is 1. The second kappa shape index (κ2) is 6.96. The quantitative estimate of drug-likeness (QED) is 0.911. The SMILES string of the molecule is Cc1cc(=O)[nH]c(Nc2ccc(CN3CCCC(C)C3)cc2)n1. The third-order valence-corrected chi connectivity index (χ3v) is 4.23. The summed E-state index contributed by atoms with van der Waals surface area (Å²) in [7, 11) is 0. The van der Waals surface area contributed by atoms with Gasteiger partial charge in [0.15, 0.2) is 0 Å². The number of H-pyrrole nitrogens is 1. The van der Waals surface area contributed by atoms with Gasteiger partial charge in [-0.3, -0.25) is 14.7 Å². The molecule has 0 spiro atoms. The van der Waals surface area contributed by atoms with E-state index in [2.05, 4.69) is 39.2 Å². The molecule has 2 heterocycles. The molecule has 1 saturated heterocycles. The summed E-state index contributed by atoms with van der Waals surface area (Å²) in [6.07, 6.45) is 2.65. The molecule has 2 N–H and O–H groups in total. The molecule has 0 aliphatic carbocycles. The van der Waals surface area contributed by atoms with Crippen LogP contribution in [0.15, 0.2) is 35.1 Å². The standard InChI is InChI=1S/C18H24N4O/c1-13-4-3-9-22(11-13)12-15-5-7-16(8-6-15)20-18-19-14(2)10-17(23)21-18/h5-8,10,13H,3-4,9,11-12H2,1-2H3,(H2,19,20,21,23). The summed E-state index contributed by atoms with van der Waals surface area (Å²) >= 11 is 0. The van der Waals surface area contributed by atoms with Crippen LogP contribution >= 0.6 is 0 Å². The van der Waals surface area contributed by atoms with Gasteiger partial charge >= 0.3 is 0 Å². The number of aromatic nitrogens is 2. The summed E-state index contributed by atoms with van der Waals surface area (Å²) in [4.78, 5) is 21.0. The molecule has 0 bridgehead atoms. The topological polar surface area (TPSA) is 61.0 Å². The second-order valence-corrected chi connectivity index (χ2v) is 6.54. The number of nitrogens with one attached hydrogen (secondary N) is 2. The molecule has 0 radical (unpaired) electrons. The first-order valence-electron chi connectivity index (χ1n) is 8.25. The van der Waals surface area contributed by atoms with Crippen molar-refractivity contribution in [3.05, 3.63) is 51.9 Å². The molecule has 0 amide bonds. The lowest BCUT2D eigenvalue weighted by Crippen LogP contribution is -2.33. The second-order valence-electron chi connectivity index (χ2n) is 6.54. The molecule has 0 saturated carbocycles. The molecule has 122 valence electrons. The summed E-state index contributed by atoms with van der Waals surface area (Å²) in [5.74, 6) is 1.28. The Morgan fingerprint density at radius 1 is 1.35 bits per heavy atom. The van der Waals surface area contributed by atoms with Gasteiger partial charge < -0.3 is 5.32 Å². The number of piperidine rings is 1. The minimum atomic E-state index is -0.143. The van der Waals surface area contributed by atoms with Gasteiger partial charge in [-0.2, -0.15) is 0 Å². The van der Waals surface area contributed by atoms with Gasteiger partial charge in [0.25, 0.3) is 5.56 Å². The molecule has 1 fully saturated rings. The van der Waals surface area contributed by atoms with Crippen molar-refractivity contribution < 1.29 is 0 Å². The number of benzene rings is 1. The van der Waals surface area contributed by atoms with Crippen LogP contribution in [0.2, 0.25) is 0 Å². The van der Waals surface area contributed by atoms with E-state index in [0.717, 1.165) is 18.2 Å². The van der Waals surface area contributed by atoms with E-state index >= 15 is 0 Å². The molecule has 1 aromatic carbocycles. The maximum atomic E-state index is 11.5. The molecular weight excluding hydrogens is 288 g/mol. The van der Waals surface area contributed by atoms with Gasteiger partial charge in [-0.15, -0.1) is 0 Å². The number of aryl methyl sites for hydroxylation is 1. The molecular formula is C18H24N4O. The van der Waals surface area contributed by atoms with Crippen LogP contribution in [0.1, 0.15) is 31.0 Å². The molecule has 5 heteroatoms. The largest absolute Gasteiger partial charge is 0.326 e. The Labute approximate surface area is 136 Å². The van der Waals surface area contributed by atoms with Gasteiger partial charge in [0.2, 0.25) is 5.95 Å². The Morgan fingerprint density at radius 2 is 2.13 bits per heavy atom. The fourth-order valence-electron chi connectivity index (χ4n) is 3.16. The van der Waals surface area contributed by atoms with E-state index in [1.807, 2.05) is 19.1 Å². The maximum absolute atomic E-state index is 11.5. The normalized spacial score (nSPS) is 18.8. The first-order chi connectivity index (χ1) is 11.1. The van der Waals surface area contributed by atoms with Crippen LogP contribution in [0.25, 0.3) is 0 Å². The van der Waals surface area contributed by atoms with Crippen LogP contribution in [-0.2, 0) is 6.54 Å². The highest BCUT2D eigenvalue weighted by molar-refractivity contribution is 5.53. The molecule has 1 aliphatic rings. The Hall–Kier alpha value is -2.14. The third kappa shape index (κ3) is 4.42. The van der Waals surface area contributed by atoms with E-state index in [-0.39, 0.29) is 5.56 Å². The van der Waals surface area contributed by atoms with E-state index < -0.39 is 0 Å². The summed E-state index contributed by atoms with van der Waals surface area (Å²) in [6, 6.07) is 9.81. The predicted molar refractivity (Wildman–Crippen MR) is 93.0 cm³/mol. The average Bonchev–Trinajstić information content (AvgIpc) is 2.48. The highest BCUT2D eigenvalue weighted by Gasteiger charge is 2.16. The van der Waals surface area contributed by atoms with Crippen LogP contribution in [0.5, 0.6) is 0 Å². The van der Waals surface area contributed by atoms with Gasteiger partial charge in [0, 0.05) is 30.5 Å². The van der Waals surface area contributed by atoms with Gasteiger partial charge in [-0.05, 0) is 49.9 Å². The van der Waals surface area contributed by atoms with Crippen LogP contribution < -0.4 is 10.9 Å². The highest BCUT2D eigenvalue weighted by atomic mass is 16.1. The van der Waals surface area contributed by atoms with E-state index in [4.69, 9.17) is 0 Å². The van der Waals surface area contributed by atoms with Crippen molar-refractivity contribution in [2.45, 2.75) is 33.2 Å². The average molecular weight is 312 g/mol. The molecule has 5 nitrogen and oxygen atoms in total. The molecule has 1 aromatic heterocycles. The van der Waals surface area contributed by atoms with Gasteiger partial charge in [0.1, 0.15) is 0 Å². The Bertz CT molecular complexity index is 708. The van der Waals surface area contributed by atoms with Crippen molar-refractivity contribution in [1.82, 2.24) is 14.9 Å². The van der Waals surface area contributed by atoms with Crippen molar-refractivity contribution in [1.29, 1.82) is 0 Å². The zero-order valence-corrected chi connectivity index (χ0v) is 13.8. The lowest BCUT2D eigenvalue weighted by molar-refractivity contribution is 0.176. The number of anilines is 2. The fraction of sp³-hybridized carbons (Fsp3) is 0.444. The minimum Gasteiger partial charge on any atom is -0.326 e. The van der Waals surface area contributed by atoms with Crippen molar-refractivity contribution in [2.24, 2.45) is 5.92 Å². The van der Waals surface area contributed by atoms with E-state index in [1.165, 1.54) is 37.6 Å². The number of rotatable bonds is 4. The smallest absolute Gasteiger partial charge is 0.252 e. The van der Waals surface area contributed by atoms with E-state index in [0.29, 0.717) is 11.6 Å². The van der Waals surface area contributed by atoms with Crippen LogP contribution in [-0.4, -0.2) is 28.0 Å². The number of nitrogens with zero attached hydrogens (tertiary/aromatic N) is 2. The third-order valence-electron chi connectivity index (χ3n) is 4.23. The highest BCUT2D eigenvalue weighted by Crippen LogP contribution is 2.19. The summed E-state index contributed by atoms with van der Waals surface area (Å²) < 4.78 is 0. The van der Waals surface area contributed by atoms with Crippen LogP contribution in [0.3, 0.4) is 0 Å². The van der Waals surface area contributed by atoms with Crippen molar-refractivity contribution in [3.63, 3.8) is 0 Å². The first-order valence-corrected chi connectivity index (χ1v) is 8.25. The van der Waals surface area contributed by atoms with Crippen LogP contribution in [0.4, 0.5) is 11.6 Å². The summed E-state index contributed by atoms with van der Waals surface area (Å²) in [5.41, 5.74) is 2.80. The predicted octanol–water partition coefficient (Wildman–Crippen LogP) is 3.05. The Balaban J connectivity index is 1.63. The molecule has 23 heavy (non-hydrogen) atoms. The maximum Gasteiger partial charge on any atom is 0.252 e. The zero-order valence-electron chi connectivity index (χ0n) is 13.8. The molecule has 1 atom stereocenters. The number of aromatic amines is 1. The van der Waals surface area contributed by atoms with E-state index in [1.54, 1.807) is 0 Å². The van der Waals surface area contributed by atoms with E-state index in [9.17, 15) is 4.79 Å². The summed E-state index contributed by atoms with van der Waals surface area (Å²) in [6.45, 7) is 7.52. The van der Waals surface area contributed by atoms with Gasteiger partial charge in [-0.1, -0.05) is 19.1 Å². The monoisotopic (exact) mass is 312 g/mol. The fourth-order valence-corrected chi connectivity index (χ4v) is 3.16. The van der Waals surface area contributed by atoms with Crippen molar-refractivity contribution >= 4 is 11.6 Å². The summed E-state index contributed by atoms with van der Waals surface area (Å²) in [5, 5.41) is 3.14. The number of hydrogen-bond donors (Lipinski definition) is 2. The Morgan fingerprint density at radius 3 is 2.83 bits per heavy atom. The molecule has 2 aromatic rings. The Kier molecular flexibility index (Phi) is 4.76. The lowest BCUT2D eigenvalue weighted by atomic mass is 10.00. The van der Waals surface area contributed by atoms with Crippen molar-refractivity contribution in [3.8, 4) is 0 Å². The minimum absolute atomic E-state index is 0.143. The molecule has 1 aliphatic heterocycles. The lowest BCUT2D eigenvalue weighted by Gasteiger charge is -2.30. The van der Waals surface area contributed by atoms with Crippen LogP contribution in [0, 0.1) is 12.8 Å². The zero-order chi connectivity index (χ0) is 16.2. The van der Waals surface area contributed by atoms with Gasteiger partial charge in [0.05, 0.1) is 0 Å².